The van der Waals surface area contributed by atoms with E-state index >= 15 is 0 Å². The Hall–Kier alpha value is -0.520. The molecular weight excluding hydrogens is 359 g/mol. The standard InChI is InChI=1S/C16H20Cl2N2O2.ClH/c1-9-15-10(6-11(17)7-13(15)18)2-4-20(9)16(21)14-8-12(19)3-5-22-14;/h6-7,9,12,14H,2-5,8,19H2,1H3;1H/t9-,12+,14+;/m0./s1. The van der Waals surface area contributed by atoms with Gasteiger partial charge in [0.2, 0.25) is 0 Å². The SMILES string of the molecule is C[C@H]1c2c(Cl)cc(Cl)cc2CCN1C(=O)[C@H]1C[C@H](N)CCO1.Cl. The van der Waals surface area contributed by atoms with E-state index in [0.29, 0.717) is 29.6 Å². The topological polar surface area (TPSA) is 55.6 Å². The van der Waals surface area contributed by atoms with Crippen molar-refractivity contribution in [1.82, 2.24) is 4.90 Å². The van der Waals surface area contributed by atoms with Gasteiger partial charge >= 0.3 is 0 Å². The lowest BCUT2D eigenvalue weighted by Gasteiger charge is -2.39. The molecule has 2 aliphatic rings. The summed E-state index contributed by atoms with van der Waals surface area (Å²) in [5, 5.41) is 1.26. The summed E-state index contributed by atoms with van der Waals surface area (Å²) in [4.78, 5) is 14.6. The minimum Gasteiger partial charge on any atom is -0.368 e. The monoisotopic (exact) mass is 378 g/mol. The van der Waals surface area contributed by atoms with Crippen molar-refractivity contribution < 1.29 is 9.53 Å². The molecule has 128 valence electrons. The van der Waals surface area contributed by atoms with Crippen molar-refractivity contribution in [2.24, 2.45) is 5.73 Å². The summed E-state index contributed by atoms with van der Waals surface area (Å²) in [7, 11) is 0. The fourth-order valence-electron chi connectivity index (χ4n) is 3.38. The van der Waals surface area contributed by atoms with E-state index in [2.05, 4.69) is 0 Å². The average molecular weight is 380 g/mol. The van der Waals surface area contributed by atoms with Gasteiger partial charge in [-0.1, -0.05) is 23.2 Å². The molecule has 1 fully saturated rings. The molecular formula is C16H21Cl3N2O2. The van der Waals surface area contributed by atoms with Crippen LogP contribution in [0.2, 0.25) is 10.0 Å². The number of fused-ring (bicyclic) bond motifs is 1. The van der Waals surface area contributed by atoms with Crippen LogP contribution in [0.4, 0.5) is 0 Å². The van der Waals surface area contributed by atoms with Gasteiger partial charge in [0.15, 0.2) is 0 Å². The predicted molar refractivity (Wildman–Crippen MR) is 94.5 cm³/mol. The number of benzene rings is 1. The van der Waals surface area contributed by atoms with Gasteiger partial charge in [-0.25, -0.2) is 0 Å². The molecule has 2 heterocycles. The molecule has 0 radical (unpaired) electrons. The molecule has 3 atom stereocenters. The number of ether oxygens (including phenoxy) is 1. The van der Waals surface area contributed by atoms with Crippen molar-refractivity contribution in [1.29, 1.82) is 0 Å². The maximum Gasteiger partial charge on any atom is 0.252 e. The van der Waals surface area contributed by atoms with E-state index in [-0.39, 0.29) is 30.4 Å². The molecule has 1 aromatic rings. The van der Waals surface area contributed by atoms with Crippen LogP contribution in [0.25, 0.3) is 0 Å². The molecule has 0 aliphatic carbocycles. The lowest BCUT2D eigenvalue weighted by Crippen LogP contribution is -2.49. The van der Waals surface area contributed by atoms with Crippen molar-refractivity contribution in [3.05, 3.63) is 33.3 Å². The highest BCUT2D eigenvalue weighted by Gasteiger charge is 2.35. The molecule has 0 unspecified atom stereocenters. The zero-order valence-electron chi connectivity index (χ0n) is 12.9. The quantitative estimate of drug-likeness (QED) is 0.814. The summed E-state index contributed by atoms with van der Waals surface area (Å²) in [5.74, 6) is 0.0133. The number of rotatable bonds is 1. The second-order valence-corrected chi connectivity index (χ2v) is 6.91. The normalized spacial score (nSPS) is 27.1. The molecule has 1 amide bonds. The minimum absolute atomic E-state index is 0. The van der Waals surface area contributed by atoms with Gasteiger partial charge < -0.3 is 15.4 Å². The molecule has 7 heteroatoms. The van der Waals surface area contributed by atoms with Crippen LogP contribution in [0.5, 0.6) is 0 Å². The van der Waals surface area contributed by atoms with Crippen molar-refractivity contribution in [3.8, 4) is 0 Å². The van der Waals surface area contributed by atoms with E-state index in [9.17, 15) is 4.79 Å². The molecule has 2 aliphatic heterocycles. The third-order valence-corrected chi connectivity index (χ3v) is 5.10. The first-order valence-corrected chi connectivity index (χ1v) is 8.38. The number of carbonyl (C=O) groups excluding carboxylic acids is 1. The Labute approximate surface area is 152 Å². The maximum absolute atomic E-state index is 12.8. The van der Waals surface area contributed by atoms with Gasteiger partial charge in [-0.3, -0.25) is 4.79 Å². The molecule has 0 spiro atoms. The summed E-state index contributed by atoms with van der Waals surface area (Å²) < 4.78 is 5.62. The van der Waals surface area contributed by atoms with Crippen LogP contribution in [-0.2, 0) is 16.0 Å². The number of amides is 1. The van der Waals surface area contributed by atoms with Gasteiger partial charge in [-0.2, -0.15) is 0 Å². The van der Waals surface area contributed by atoms with Crippen LogP contribution in [0.3, 0.4) is 0 Å². The Balaban J connectivity index is 0.00000192. The summed E-state index contributed by atoms with van der Waals surface area (Å²) in [6.45, 7) is 3.20. The summed E-state index contributed by atoms with van der Waals surface area (Å²) >= 11 is 12.4. The zero-order valence-corrected chi connectivity index (χ0v) is 15.3. The van der Waals surface area contributed by atoms with Crippen molar-refractivity contribution in [2.45, 2.75) is 44.4 Å². The van der Waals surface area contributed by atoms with Crippen LogP contribution in [-0.4, -0.2) is 36.1 Å². The average Bonchev–Trinajstić information content (AvgIpc) is 2.46. The van der Waals surface area contributed by atoms with E-state index in [1.165, 1.54) is 0 Å². The third kappa shape index (κ3) is 3.77. The maximum atomic E-state index is 12.8. The second kappa shape index (κ2) is 7.58. The van der Waals surface area contributed by atoms with Gasteiger partial charge in [0.25, 0.3) is 5.91 Å². The third-order valence-electron chi connectivity index (χ3n) is 4.57. The Bertz CT molecular complexity index is 597. The molecule has 1 saturated heterocycles. The Morgan fingerprint density at radius 3 is 2.83 bits per heavy atom. The lowest BCUT2D eigenvalue weighted by molar-refractivity contribution is -0.149. The molecule has 2 N–H and O–H groups in total. The van der Waals surface area contributed by atoms with Gasteiger partial charge in [-0.15, -0.1) is 12.4 Å². The van der Waals surface area contributed by atoms with Gasteiger partial charge in [0.1, 0.15) is 6.10 Å². The van der Waals surface area contributed by atoms with E-state index < -0.39 is 6.10 Å². The van der Waals surface area contributed by atoms with Crippen molar-refractivity contribution in [2.75, 3.05) is 13.2 Å². The largest absolute Gasteiger partial charge is 0.368 e. The van der Waals surface area contributed by atoms with Crippen LogP contribution >= 0.6 is 35.6 Å². The first-order chi connectivity index (χ1) is 10.5. The van der Waals surface area contributed by atoms with Crippen LogP contribution in [0.15, 0.2) is 12.1 Å². The highest BCUT2D eigenvalue weighted by molar-refractivity contribution is 6.35. The van der Waals surface area contributed by atoms with Gasteiger partial charge in [0, 0.05) is 29.2 Å². The Morgan fingerprint density at radius 2 is 2.13 bits per heavy atom. The molecule has 3 rings (SSSR count). The highest BCUT2D eigenvalue weighted by atomic mass is 35.5. The number of halogens is 3. The Kier molecular flexibility index (Phi) is 6.20. The smallest absolute Gasteiger partial charge is 0.252 e. The molecule has 1 aromatic carbocycles. The van der Waals surface area contributed by atoms with Crippen molar-refractivity contribution in [3.63, 3.8) is 0 Å². The summed E-state index contributed by atoms with van der Waals surface area (Å²) in [6.07, 6.45) is 1.72. The molecule has 0 bridgehead atoms. The Morgan fingerprint density at radius 1 is 1.39 bits per heavy atom. The molecule has 0 saturated carbocycles. The van der Waals surface area contributed by atoms with Crippen LogP contribution < -0.4 is 5.73 Å². The van der Waals surface area contributed by atoms with Gasteiger partial charge in [0.05, 0.1) is 6.04 Å². The van der Waals surface area contributed by atoms with E-state index in [0.717, 1.165) is 24.0 Å². The molecule has 4 nitrogen and oxygen atoms in total. The van der Waals surface area contributed by atoms with E-state index in [1.807, 2.05) is 17.9 Å². The van der Waals surface area contributed by atoms with Crippen LogP contribution in [0.1, 0.15) is 36.9 Å². The number of nitrogens with zero attached hydrogens (tertiary/aromatic N) is 1. The molecule has 0 aromatic heterocycles. The second-order valence-electron chi connectivity index (χ2n) is 6.06. The lowest BCUT2D eigenvalue weighted by atomic mass is 9.92. The van der Waals surface area contributed by atoms with Crippen molar-refractivity contribution >= 4 is 41.5 Å². The molecule has 23 heavy (non-hydrogen) atoms. The fourth-order valence-corrected chi connectivity index (χ4v) is 4.08. The first-order valence-electron chi connectivity index (χ1n) is 7.63. The number of carbonyl (C=O) groups is 1. The van der Waals surface area contributed by atoms with E-state index in [1.54, 1.807) is 6.07 Å². The van der Waals surface area contributed by atoms with Crippen LogP contribution in [0, 0.1) is 0 Å². The highest BCUT2D eigenvalue weighted by Crippen LogP contribution is 2.37. The first kappa shape index (κ1) is 18.8. The van der Waals surface area contributed by atoms with E-state index in [4.69, 9.17) is 33.7 Å². The number of hydrogen-bond donors (Lipinski definition) is 1. The van der Waals surface area contributed by atoms with Gasteiger partial charge in [-0.05, 0) is 49.4 Å². The predicted octanol–water partition coefficient (Wildman–Crippen LogP) is 3.37. The summed E-state index contributed by atoms with van der Waals surface area (Å²) in [6, 6.07) is 3.63. The summed E-state index contributed by atoms with van der Waals surface area (Å²) in [5.41, 5.74) is 8.07. The minimum atomic E-state index is -0.432. The number of nitrogens with two attached hydrogens (primary N) is 1. The number of hydrogen-bond acceptors (Lipinski definition) is 3. The fraction of sp³-hybridized carbons (Fsp3) is 0.562. The zero-order chi connectivity index (χ0) is 15.9.